The van der Waals surface area contributed by atoms with Crippen LogP contribution in [0, 0.1) is 5.92 Å². The van der Waals surface area contributed by atoms with Crippen LogP contribution >= 0.6 is 0 Å². The van der Waals surface area contributed by atoms with E-state index in [2.05, 4.69) is 15.5 Å². The van der Waals surface area contributed by atoms with Crippen LogP contribution in [-0.2, 0) is 11.2 Å². The van der Waals surface area contributed by atoms with Crippen molar-refractivity contribution in [3.05, 3.63) is 53.3 Å². The summed E-state index contributed by atoms with van der Waals surface area (Å²) in [6.07, 6.45) is 1.65. The summed E-state index contributed by atoms with van der Waals surface area (Å²) < 4.78 is 0. The van der Waals surface area contributed by atoms with Crippen molar-refractivity contribution in [1.82, 2.24) is 20.4 Å². The Balaban J connectivity index is 1.50. The molecule has 2 amide bonds. The van der Waals surface area contributed by atoms with Crippen LogP contribution in [0.4, 0.5) is 0 Å². The zero-order valence-electron chi connectivity index (χ0n) is 13.8. The molecule has 6 nitrogen and oxygen atoms in total. The molecule has 1 saturated heterocycles. The monoisotopic (exact) mass is 326 g/mol. The highest BCUT2D eigenvalue weighted by molar-refractivity contribution is 5.92. The number of nitrogens with zero attached hydrogens (tertiary/aromatic N) is 2. The van der Waals surface area contributed by atoms with Crippen molar-refractivity contribution in [1.29, 1.82) is 0 Å². The molecule has 126 valence electrons. The van der Waals surface area contributed by atoms with Gasteiger partial charge in [0.25, 0.3) is 5.91 Å². The second-order valence-corrected chi connectivity index (χ2v) is 6.27. The second kappa shape index (κ2) is 7.29. The first-order chi connectivity index (χ1) is 11.6. The molecule has 0 bridgehead atoms. The molecular formula is C18H22N4O2. The summed E-state index contributed by atoms with van der Waals surface area (Å²) in [7, 11) is 0. The fraction of sp³-hybridized carbons (Fsp3) is 0.389. The van der Waals surface area contributed by atoms with Crippen LogP contribution in [0.3, 0.4) is 0 Å². The van der Waals surface area contributed by atoms with Gasteiger partial charge in [0.2, 0.25) is 5.91 Å². The third kappa shape index (κ3) is 4.01. The van der Waals surface area contributed by atoms with E-state index in [1.54, 1.807) is 13.0 Å². The van der Waals surface area contributed by atoms with E-state index < -0.39 is 0 Å². The Hall–Kier alpha value is -2.63. The summed E-state index contributed by atoms with van der Waals surface area (Å²) in [4.78, 5) is 25.4. The summed E-state index contributed by atoms with van der Waals surface area (Å²) in [6, 6.07) is 11.8. The lowest BCUT2D eigenvalue weighted by Gasteiger charge is -2.14. The fourth-order valence-corrected chi connectivity index (χ4v) is 3.00. The Bertz CT molecular complexity index is 711. The highest BCUT2D eigenvalue weighted by atomic mass is 16.2. The lowest BCUT2D eigenvalue weighted by Crippen LogP contribution is -2.32. The zero-order chi connectivity index (χ0) is 16.9. The average molecular weight is 326 g/mol. The number of nitrogens with one attached hydrogen (secondary N) is 2. The van der Waals surface area contributed by atoms with Crippen molar-refractivity contribution < 1.29 is 9.59 Å². The third-order valence-corrected chi connectivity index (χ3v) is 4.38. The number of rotatable bonds is 5. The first-order valence-electron chi connectivity index (χ1n) is 8.23. The van der Waals surface area contributed by atoms with Crippen LogP contribution in [0.5, 0.6) is 0 Å². The van der Waals surface area contributed by atoms with Gasteiger partial charge in [0.1, 0.15) is 5.69 Å². The van der Waals surface area contributed by atoms with Crippen molar-refractivity contribution >= 4 is 11.8 Å². The minimum Gasteiger partial charge on any atom is -0.350 e. The van der Waals surface area contributed by atoms with Crippen molar-refractivity contribution in [2.24, 2.45) is 5.92 Å². The Morgan fingerprint density at radius 1 is 1.33 bits per heavy atom. The number of benzene rings is 1. The predicted octanol–water partition coefficient (Wildman–Crippen LogP) is 1.60. The summed E-state index contributed by atoms with van der Waals surface area (Å²) in [5, 5.41) is 9.94. The van der Waals surface area contributed by atoms with E-state index in [0.29, 0.717) is 18.2 Å². The molecule has 0 radical (unpaired) electrons. The van der Waals surface area contributed by atoms with Crippen molar-refractivity contribution in [2.45, 2.75) is 19.8 Å². The quantitative estimate of drug-likeness (QED) is 0.876. The SMILES string of the molecule is CC(=O)N1CC[C@H](CNC(=O)c2cc(Cc3ccccc3)[nH]n2)C1. The van der Waals surface area contributed by atoms with Gasteiger partial charge in [-0.3, -0.25) is 14.7 Å². The van der Waals surface area contributed by atoms with E-state index in [1.807, 2.05) is 35.2 Å². The third-order valence-electron chi connectivity index (χ3n) is 4.38. The maximum Gasteiger partial charge on any atom is 0.271 e. The van der Waals surface area contributed by atoms with Gasteiger partial charge in [-0.25, -0.2) is 0 Å². The number of amides is 2. The summed E-state index contributed by atoms with van der Waals surface area (Å²) >= 11 is 0. The lowest BCUT2D eigenvalue weighted by atomic mass is 10.1. The fourth-order valence-electron chi connectivity index (χ4n) is 3.00. The van der Waals surface area contributed by atoms with Crippen LogP contribution < -0.4 is 5.32 Å². The Morgan fingerprint density at radius 3 is 2.83 bits per heavy atom. The van der Waals surface area contributed by atoms with Crippen LogP contribution in [0.15, 0.2) is 36.4 Å². The summed E-state index contributed by atoms with van der Waals surface area (Å²) in [6.45, 7) is 3.65. The number of aromatic amines is 1. The standard InChI is InChI=1S/C18H22N4O2/c1-13(23)22-8-7-15(12-22)11-19-18(24)17-10-16(20-21-17)9-14-5-3-2-4-6-14/h2-6,10,15H,7-9,11-12H2,1H3,(H,19,24)(H,20,21)/t15-/m1/s1. The van der Waals surface area contributed by atoms with E-state index in [4.69, 9.17) is 0 Å². The van der Waals surface area contributed by atoms with Crippen LogP contribution in [0.25, 0.3) is 0 Å². The van der Waals surface area contributed by atoms with Gasteiger partial charge in [-0.2, -0.15) is 5.10 Å². The highest BCUT2D eigenvalue weighted by Crippen LogP contribution is 2.15. The molecule has 1 aromatic heterocycles. The second-order valence-electron chi connectivity index (χ2n) is 6.27. The van der Waals surface area contributed by atoms with Crippen molar-refractivity contribution in [3.63, 3.8) is 0 Å². The number of hydrogen-bond donors (Lipinski definition) is 2. The van der Waals surface area contributed by atoms with E-state index in [-0.39, 0.29) is 11.8 Å². The lowest BCUT2D eigenvalue weighted by molar-refractivity contribution is -0.127. The molecule has 1 aromatic carbocycles. The van der Waals surface area contributed by atoms with Gasteiger partial charge in [-0.15, -0.1) is 0 Å². The van der Waals surface area contributed by atoms with Crippen molar-refractivity contribution in [3.8, 4) is 0 Å². The molecule has 1 aliphatic heterocycles. The molecule has 1 aliphatic rings. The Kier molecular flexibility index (Phi) is 4.93. The topological polar surface area (TPSA) is 78.1 Å². The van der Waals surface area contributed by atoms with Crippen molar-refractivity contribution in [2.75, 3.05) is 19.6 Å². The number of carbonyl (C=O) groups is 2. The van der Waals surface area contributed by atoms with Gasteiger partial charge >= 0.3 is 0 Å². The molecule has 1 fully saturated rings. The molecule has 24 heavy (non-hydrogen) atoms. The van der Waals surface area contributed by atoms with Gasteiger partial charge in [-0.05, 0) is 24.0 Å². The molecule has 2 aromatic rings. The summed E-state index contributed by atoms with van der Waals surface area (Å²) in [5.74, 6) is 0.245. The molecule has 0 spiro atoms. The summed E-state index contributed by atoms with van der Waals surface area (Å²) in [5.41, 5.74) is 2.49. The van der Waals surface area contributed by atoms with Crippen LogP contribution in [-0.4, -0.2) is 46.5 Å². The van der Waals surface area contributed by atoms with Gasteiger partial charge < -0.3 is 10.2 Å². The number of carbonyl (C=O) groups excluding carboxylic acids is 2. The molecule has 6 heteroatoms. The molecule has 2 N–H and O–H groups in total. The van der Waals surface area contributed by atoms with Crippen LogP contribution in [0.2, 0.25) is 0 Å². The first-order valence-corrected chi connectivity index (χ1v) is 8.23. The van der Waals surface area contributed by atoms with Gasteiger partial charge in [0, 0.05) is 38.7 Å². The maximum atomic E-state index is 12.2. The van der Waals surface area contributed by atoms with Gasteiger partial charge in [-0.1, -0.05) is 30.3 Å². The van der Waals surface area contributed by atoms with Gasteiger partial charge in [0.05, 0.1) is 0 Å². The Labute approximate surface area is 141 Å². The minimum absolute atomic E-state index is 0.0988. The molecule has 0 aliphatic carbocycles. The molecule has 0 saturated carbocycles. The largest absolute Gasteiger partial charge is 0.350 e. The van der Waals surface area contributed by atoms with Gasteiger partial charge in [0.15, 0.2) is 0 Å². The Morgan fingerprint density at radius 2 is 2.12 bits per heavy atom. The van der Waals surface area contributed by atoms with E-state index in [9.17, 15) is 9.59 Å². The molecule has 2 heterocycles. The zero-order valence-corrected chi connectivity index (χ0v) is 13.8. The molecule has 0 unspecified atom stereocenters. The van der Waals surface area contributed by atoms with Crippen LogP contribution in [0.1, 0.15) is 35.1 Å². The minimum atomic E-state index is -0.174. The maximum absolute atomic E-state index is 12.2. The normalized spacial score (nSPS) is 17.0. The molecule has 1 atom stereocenters. The molecular weight excluding hydrogens is 304 g/mol. The molecule has 3 rings (SSSR count). The highest BCUT2D eigenvalue weighted by Gasteiger charge is 2.24. The predicted molar refractivity (Wildman–Crippen MR) is 90.5 cm³/mol. The first kappa shape index (κ1) is 16.2. The number of likely N-dealkylation sites (tertiary alicyclic amines) is 1. The smallest absolute Gasteiger partial charge is 0.271 e. The number of aromatic nitrogens is 2. The van der Waals surface area contributed by atoms with E-state index >= 15 is 0 Å². The number of H-pyrrole nitrogens is 1. The van der Waals surface area contributed by atoms with E-state index in [1.165, 1.54) is 5.56 Å². The number of hydrogen-bond acceptors (Lipinski definition) is 3. The average Bonchev–Trinajstić information content (AvgIpc) is 3.23. The van der Waals surface area contributed by atoms with E-state index in [0.717, 1.165) is 31.6 Å².